The van der Waals surface area contributed by atoms with Crippen LogP contribution in [0.5, 0.6) is 0 Å². The fourth-order valence-electron chi connectivity index (χ4n) is 2.32. The lowest BCUT2D eigenvalue weighted by molar-refractivity contribution is 0.330. The van der Waals surface area contributed by atoms with E-state index in [9.17, 15) is 0 Å². The molecule has 0 aliphatic heterocycles. The fourth-order valence-corrected chi connectivity index (χ4v) is 2.32. The van der Waals surface area contributed by atoms with Gasteiger partial charge >= 0.3 is 0 Å². The maximum Gasteiger partial charge on any atom is 0.134 e. The van der Waals surface area contributed by atoms with Crippen molar-refractivity contribution in [1.29, 1.82) is 0 Å². The van der Waals surface area contributed by atoms with Crippen LogP contribution in [0.1, 0.15) is 52.2 Å². The molecule has 1 nitrogen and oxygen atoms in total. The highest BCUT2D eigenvalue weighted by atomic mass is 16.3. The van der Waals surface area contributed by atoms with Crippen LogP contribution in [0.25, 0.3) is 11.0 Å². The average Bonchev–Trinajstić information content (AvgIpc) is 2.80. The second-order valence-corrected chi connectivity index (χ2v) is 5.17. The number of hydrogen-bond donors (Lipinski definition) is 0. The van der Waals surface area contributed by atoms with Crippen molar-refractivity contribution in [2.24, 2.45) is 0 Å². The first-order chi connectivity index (χ1) is 8.19. The van der Waals surface area contributed by atoms with Crippen molar-refractivity contribution in [1.82, 2.24) is 0 Å². The van der Waals surface area contributed by atoms with E-state index in [-0.39, 0.29) is 5.41 Å². The SMILES string of the molecule is CCCCC(C)(CC)c1cc2ccccc2o1. The molecule has 0 aliphatic carbocycles. The molecule has 92 valence electrons. The summed E-state index contributed by atoms with van der Waals surface area (Å²) in [6.07, 6.45) is 4.85. The van der Waals surface area contributed by atoms with Gasteiger partial charge in [-0.25, -0.2) is 0 Å². The Labute approximate surface area is 104 Å². The molecule has 2 rings (SSSR count). The first kappa shape index (κ1) is 12.2. The van der Waals surface area contributed by atoms with E-state index in [1.807, 2.05) is 6.07 Å². The number of fused-ring (bicyclic) bond motifs is 1. The predicted molar refractivity (Wildman–Crippen MR) is 73.4 cm³/mol. The quantitative estimate of drug-likeness (QED) is 0.680. The van der Waals surface area contributed by atoms with E-state index in [4.69, 9.17) is 4.42 Å². The molecule has 1 unspecified atom stereocenters. The zero-order valence-electron chi connectivity index (χ0n) is 11.1. The van der Waals surface area contributed by atoms with Gasteiger partial charge in [0.15, 0.2) is 0 Å². The Bertz CT molecular complexity index is 450. The molecule has 0 aliphatic rings. The molecule has 2 aromatic rings. The second-order valence-electron chi connectivity index (χ2n) is 5.17. The maximum absolute atomic E-state index is 6.02. The largest absolute Gasteiger partial charge is 0.461 e. The molecule has 1 heteroatoms. The van der Waals surface area contributed by atoms with Gasteiger partial charge in [0.2, 0.25) is 0 Å². The van der Waals surface area contributed by atoms with E-state index in [1.165, 1.54) is 24.6 Å². The van der Waals surface area contributed by atoms with Crippen LogP contribution >= 0.6 is 0 Å². The van der Waals surface area contributed by atoms with Crippen LogP contribution in [0.3, 0.4) is 0 Å². The Morgan fingerprint density at radius 2 is 1.94 bits per heavy atom. The molecular weight excluding hydrogens is 208 g/mol. The number of para-hydroxylation sites is 1. The third-order valence-electron chi connectivity index (χ3n) is 3.88. The van der Waals surface area contributed by atoms with Crippen molar-refractivity contribution in [3.8, 4) is 0 Å². The standard InChI is InChI=1S/C16H22O/c1-4-6-11-16(3,5-2)15-12-13-9-7-8-10-14(13)17-15/h7-10,12H,4-6,11H2,1-3H3. The molecule has 1 atom stereocenters. The van der Waals surface area contributed by atoms with Gasteiger partial charge in [0.1, 0.15) is 11.3 Å². The van der Waals surface area contributed by atoms with Crippen LogP contribution in [0.15, 0.2) is 34.7 Å². The van der Waals surface area contributed by atoms with Gasteiger partial charge in [0, 0.05) is 10.8 Å². The molecule has 0 bridgehead atoms. The first-order valence-electron chi connectivity index (χ1n) is 6.68. The number of rotatable bonds is 5. The molecule has 1 aromatic carbocycles. The van der Waals surface area contributed by atoms with Gasteiger partial charge in [-0.05, 0) is 25.0 Å². The monoisotopic (exact) mass is 230 g/mol. The number of furan rings is 1. The molecule has 1 aromatic heterocycles. The van der Waals surface area contributed by atoms with Crippen molar-refractivity contribution in [3.63, 3.8) is 0 Å². The van der Waals surface area contributed by atoms with Crippen molar-refractivity contribution in [2.75, 3.05) is 0 Å². The third-order valence-corrected chi connectivity index (χ3v) is 3.88. The van der Waals surface area contributed by atoms with Gasteiger partial charge in [-0.1, -0.05) is 51.8 Å². The van der Waals surface area contributed by atoms with Crippen molar-refractivity contribution in [2.45, 2.75) is 51.9 Å². The van der Waals surface area contributed by atoms with Gasteiger partial charge in [0.25, 0.3) is 0 Å². The molecular formula is C16H22O. The molecule has 0 amide bonds. The molecule has 0 saturated carbocycles. The molecule has 0 radical (unpaired) electrons. The summed E-state index contributed by atoms with van der Waals surface area (Å²) in [7, 11) is 0. The molecule has 0 N–H and O–H groups in total. The zero-order valence-corrected chi connectivity index (χ0v) is 11.1. The highest BCUT2D eigenvalue weighted by Gasteiger charge is 2.27. The number of hydrogen-bond acceptors (Lipinski definition) is 1. The van der Waals surface area contributed by atoms with Crippen molar-refractivity contribution < 1.29 is 4.42 Å². The number of unbranched alkanes of at least 4 members (excludes halogenated alkanes) is 1. The van der Waals surface area contributed by atoms with Gasteiger partial charge in [-0.15, -0.1) is 0 Å². The van der Waals surface area contributed by atoms with Crippen LogP contribution in [0.2, 0.25) is 0 Å². The smallest absolute Gasteiger partial charge is 0.134 e. The Balaban J connectivity index is 2.35. The minimum Gasteiger partial charge on any atom is -0.461 e. The first-order valence-corrected chi connectivity index (χ1v) is 6.68. The summed E-state index contributed by atoms with van der Waals surface area (Å²) in [6.45, 7) is 6.82. The summed E-state index contributed by atoms with van der Waals surface area (Å²) >= 11 is 0. The Kier molecular flexibility index (Phi) is 3.56. The van der Waals surface area contributed by atoms with Crippen LogP contribution in [0, 0.1) is 0 Å². The van der Waals surface area contributed by atoms with E-state index in [0.717, 1.165) is 17.8 Å². The molecule has 0 fully saturated rings. The van der Waals surface area contributed by atoms with E-state index in [1.54, 1.807) is 0 Å². The molecule has 0 spiro atoms. The van der Waals surface area contributed by atoms with Gasteiger partial charge < -0.3 is 4.42 Å². The second kappa shape index (κ2) is 4.95. The highest BCUT2D eigenvalue weighted by Crippen LogP contribution is 2.36. The van der Waals surface area contributed by atoms with E-state index in [0.29, 0.717) is 0 Å². The summed E-state index contributed by atoms with van der Waals surface area (Å²) < 4.78 is 6.02. The molecule has 1 heterocycles. The summed E-state index contributed by atoms with van der Waals surface area (Å²) in [6, 6.07) is 10.5. The average molecular weight is 230 g/mol. The Morgan fingerprint density at radius 1 is 1.18 bits per heavy atom. The molecule has 17 heavy (non-hydrogen) atoms. The number of benzene rings is 1. The topological polar surface area (TPSA) is 13.1 Å². The summed E-state index contributed by atoms with van der Waals surface area (Å²) in [5.74, 6) is 1.15. The maximum atomic E-state index is 6.02. The Morgan fingerprint density at radius 3 is 2.59 bits per heavy atom. The summed E-state index contributed by atoms with van der Waals surface area (Å²) in [5.41, 5.74) is 1.20. The lowest BCUT2D eigenvalue weighted by Gasteiger charge is -2.25. The van der Waals surface area contributed by atoms with E-state index >= 15 is 0 Å². The van der Waals surface area contributed by atoms with E-state index in [2.05, 4.69) is 45.0 Å². The van der Waals surface area contributed by atoms with E-state index < -0.39 is 0 Å². The highest BCUT2D eigenvalue weighted by molar-refractivity contribution is 5.77. The van der Waals surface area contributed by atoms with Gasteiger partial charge in [0.05, 0.1) is 0 Å². The van der Waals surface area contributed by atoms with Crippen LogP contribution < -0.4 is 0 Å². The predicted octanol–water partition coefficient (Wildman–Crippen LogP) is 5.29. The minimum absolute atomic E-state index is 0.190. The van der Waals surface area contributed by atoms with Crippen LogP contribution in [0.4, 0.5) is 0 Å². The van der Waals surface area contributed by atoms with Crippen LogP contribution in [-0.2, 0) is 5.41 Å². The van der Waals surface area contributed by atoms with Crippen LogP contribution in [-0.4, -0.2) is 0 Å². The summed E-state index contributed by atoms with van der Waals surface area (Å²) in [5, 5.41) is 1.22. The van der Waals surface area contributed by atoms with Gasteiger partial charge in [-0.2, -0.15) is 0 Å². The lowest BCUT2D eigenvalue weighted by Crippen LogP contribution is -2.19. The third kappa shape index (κ3) is 2.38. The minimum atomic E-state index is 0.190. The Hall–Kier alpha value is -1.24. The zero-order chi connectivity index (χ0) is 12.3. The van der Waals surface area contributed by atoms with Crippen molar-refractivity contribution in [3.05, 3.63) is 36.1 Å². The lowest BCUT2D eigenvalue weighted by atomic mass is 9.80. The van der Waals surface area contributed by atoms with Gasteiger partial charge in [-0.3, -0.25) is 0 Å². The summed E-state index contributed by atoms with van der Waals surface area (Å²) in [4.78, 5) is 0. The molecule has 0 saturated heterocycles. The fraction of sp³-hybridized carbons (Fsp3) is 0.500. The van der Waals surface area contributed by atoms with Crippen molar-refractivity contribution >= 4 is 11.0 Å². The normalized spacial score (nSPS) is 15.0.